The van der Waals surface area contributed by atoms with Crippen molar-refractivity contribution in [2.45, 2.75) is 79.1 Å². The van der Waals surface area contributed by atoms with Crippen LogP contribution in [0.25, 0.3) is 11.1 Å². The van der Waals surface area contributed by atoms with Crippen LogP contribution in [0.15, 0.2) is 47.4 Å². The first-order chi connectivity index (χ1) is 21.2. The van der Waals surface area contributed by atoms with E-state index >= 15 is 4.39 Å². The van der Waals surface area contributed by atoms with Crippen LogP contribution < -0.4 is 10.9 Å². The Morgan fingerprint density at radius 2 is 1.61 bits per heavy atom. The minimum Gasteiger partial charge on any atom is -0.481 e. The van der Waals surface area contributed by atoms with Gasteiger partial charge >= 0.3 is 12.1 Å². The van der Waals surface area contributed by atoms with Crippen LogP contribution in [0.2, 0.25) is 0 Å². The van der Waals surface area contributed by atoms with Gasteiger partial charge in [-0.2, -0.15) is 13.2 Å². The molecule has 250 valence electrons. The number of amides is 1. The summed E-state index contributed by atoms with van der Waals surface area (Å²) in [5.41, 5.74) is 0.696. The van der Waals surface area contributed by atoms with Crippen LogP contribution in [-0.2, 0) is 22.2 Å². The normalized spacial score (nSPS) is 13.5. The van der Waals surface area contributed by atoms with E-state index < -0.39 is 58.9 Å². The van der Waals surface area contributed by atoms with Crippen molar-refractivity contribution in [2.75, 3.05) is 20.6 Å². The number of hydrogen-bond acceptors (Lipinski definition) is 4. The van der Waals surface area contributed by atoms with Crippen LogP contribution in [0, 0.1) is 32.0 Å². The topological polar surface area (TPSA) is 91.6 Å². The molecule has 1 heterocycles. The molecule has 0 aliphatic rings. The van der Waals surface area contributed by atoms with E-state index in [0.29, 0.717) is 11.6 Å². The van der Waals surface area contributed by atoms with E-state index in [1.54, 1.807) is 52.8 Å². The summed E-state index contributed by atoms with van der Waals surface area (Å²) in [5.74, 6) is -2.80. The van der Waals surface area contributed by atoms with E-state index in [1.165, 1.54) is 6.07 Å². The largest absolute Gasteiger partial charge is 0.481 e. The monoisotopic (exact) mass is 645 g/mol. The van der Waals surface area contributed by atoms with Crippen molar-refractivity contribution < 1.29 is 32.3 Å². The maximum absolute atomic E-state index is 15.8. The Hall–Kier alpha value is -3.99. The number of likely N-dealkylation sites (N-methyl/N-ethyl adjacent to an activating group) is 1. The van der Waals surface area contributed by atoms with Crippen molar-refractivity contribution in [1.82, 2.24) is 14.8 Å². The van der Waals surface area contributed by atoms with E-state index in [2.05, 4.69) is 5.32 Å². The number of alkyl halides is 3. The third kappa shape index (κ3) is 9.05. The standard InChI is InChI=1S/C35H43F4N3O4/c1-20-10-9-11-21(2)31(20)24-14-22(3)32(36)25(15-24)27(17-30(44)45)40-33(46)28(18-34(4,5)6)42-19-23(12-13-41(7)8)26(16-29(42)43)35(37,38)39/h9-11,14-16,19,27-28H,12-13,17-18H2,1-8H3,(H,40,46)(H,44,45)/t27-,28?/m0/s1. The second-order valence-electron chi connectivity index (χ2n) is 13.4. The molecule has 0 saturated heterocycles. The number of hydrogen-bond donors (Lipinski definition) is 2. The van der Waals surface area contributed by atoms with Gasteiger partial charge in [-0.1, -0.05) is 39.0 Å². The molecule has 7 nitrogen and oxygen atoms in total. The Morgan fingerprint density at radius 1 is 1.00 bits per heavy atom. The number of pyridine rings is 1. The van der Waals surface area contributed by atoms with E-state index in [1.807, 2.05) is 32.0 Å². The Balaban J connectivity index is 2.17. The number of aryl methyl sites for hydroxylation is 3. The zero-order valence-corrected chi connectivity index (χ0v) is 27.6. The van der Waals surface area contributed by atoms with Gasteiger partial charge in [0.1, 0.15) is 11.9 Å². The van der Waals surface area contributed by atoms with Crippen LogP contribution >= 0.6 is 0 Å². The SMILES string of the molecule is Cc1cc(-c2c(C)cccc2C)cc([C@H](CC(=O)O)NC(=O)C(CC(C)(C)C)n2cc(CCN(C)C)c(C(F)(F)F)cc2=O)c1F. The molecule has 3 aromatic rings. The van der Waals surface area contributed by atoms with Crippen molar-refractivity contribution >= 4 is 11.9 Å². The van der Waals surface area contributed by atoms with Gasteiger partial charge in [-0.25, -0.2) is 4.39 Å². The molecule has 1 aromatic heterocycles. The van der Waals surface area contributed by atoms with Gasteiger partial charge < -0.3 is 19.9 Å². The van der Waals surface area contributed by atoms with Gasteiger partial charge in [0.15, 0.2) is 0 Å². The number of carboxylic acids is 1. The predicted octanol–water partition coefficient (Wildman–Crippen LogP) is 7.01. The summed E-state index contributed by atoms with van der Waals surface area (Å²) >= 11 is 0. The highest BCUT2D eigenvalue weighted by molar-refractivity contribution is 5.82. The van der Waals surface area contributed by atoms with Gasteiger partial charge in [0.2, 0.25) is 5.91 Å². The average Bonchev–Trinajstić information content (AvgIpc) is 2.91. The molecular weight excluding hydrogens is 602 g/mol. The van der Waals surface area contributed by atoms with Crippen molar-refractivity contribution in [3.63, 3.8) is 0 Å². The highest BCUT2D eigenvalue weighted by Crippen LogP contribution is 2.35. The van der Waals surface area contributed by atoms with Gasteiger partial charge in [-0.05, 0) is 98.6 Å². The van der Waals surface area contributed by atoms with Gasteiger partial charge in [0.25, 0.3) is 5.56 Å². The molecule has 0 radical (unpaired) electrons. The first-order valence-corrected chi connectivity index (χ1v) is 15.1. The number of aromatic nitrogens is 1. The minimum atomic E-state index is -4.79. The molecule has 2 aromatic carbocycles. The minimum absolute atomic E-state index is 0.0287. The van der Waals surface area contributed by atoms with Crippen LogP contribution in [0.1, 0.15) is 79.1 Å². The summed E-state index contributed by atoms with van der Waals surface area (Å²) < 4.78 is 58.6. The number of benzene rings is 2. The number of carboxylic acid groups (broad SMARTS) is 1. The lowest BCUT2D eigenvalue weighted by Gasteiger charge is -2.30. The molecule has 11 heteroatoms. The fraction of sp³-hybridized carbons (Fsp3) is 0.457. The fourth-order valence-corrected chi connectivity index (χ4v) is 5.69. The van der Waals surface area contributed by atoms with Crippen molar-refractivity contribution in [2.24, 2.45) is 5.41 Å². The third-order valence-electron chi connectivity index (χ3n) is 7.86. The first kappa shape index (κ1) is 36.5. The van der Waals surface area contributed by atoms with Gasteiger partial charge in [-0.15, -0.1) is 0 Å². The molecule has 0 aliphatic carbocycles. The summed E-state index contributed by atoms with van der Waals surface area (Å²) in [5, 5.41) is 12.4. The summed E-state index contributed by atoms with van der Waals surface area (Å²) in [4.78, 5) is 41.0. The fourth-order valence-electron chi connectivity index (χ4n) is 5.69. The lowest BCUT2D eigenvalue weighted by atomic mass is 9.87. The smallest absolute Gasteiger partial charge is 0.416 e. The Labute approximate surface area is 267 Å². The van der Waals surface area contributed by atoms with Crippen LogP contribution in [-0.4, -0.2) is 47.1 Å². The Bertz CT molecular complexity index is 1630. The lowest BCUT2D eigenvalue weighted by Crippen LogP contribution is -2.41. The van der Waals surface area contributed by atoms with Crippen LogP contribution in [0.4, 0.5) is 17.6 Å². The van der Waals surface area contributed by atoms with Crippen molar-refractivity contribution in [1.29, 1.82) is 0 Å². The summed E-state index contributed by atoms with van der Waals surface area (Å²) in [6, 6.07) is 6.74. The molecule has 0 fully saturated rings. The molecule has 0 spiro atoms. The second-order valence-corrected chi connectivity index (χ2v) is 13.4. The summed E-state index contributed by atoms with van der Waals surface area (Å²) in [6.45, 7) is 11.0. The quantitative estimate of drug-likeness (QED) is 0.219. The molecule has 1 amide bonds. The lowest BCUT2D eigenvalue weighted by molar-refractivity contribution is -0.139. The maximum Gasteiger partial charge on any atom is 0.416 e. The number of carbonyl (C=O) groups is 2. The van der Waals surface area contributed by atoms with Gasteiger partial charge in [0, 0.05) is 24.4 Å². The van der Waals surface area contributed by atoms with Crippen LogP contribution in [0.3, 0.4) is 0 Å². The van der Waals surface area contributed by atoms with Crippen molar-refractivity contribution in [3.05, 3.63) is 92.1 Å². The molecule has 0 saturated carbocycles. The number of halogens is 4. The Morgan fingerprint density at radius 3 is 2.13 bits per heavy atom. The molecule has 1 unspecified atom stereocenters. The molecule has 3 rings (SSSR count). The zero-order valence-electron chi connectivity index (χ0n) is 27.6. The molecule has 0 bridgehead atoms. The number of rotatable bonds is 11. The zero-order chi connectivity index (χ0) is 34.7. The maximum atomic E-state index is 15.8. The van der Waals surface area contributed by atoms with Crippen LogP contribution in [0.5, 0.6) is 0 Å². The third-order valence-corrected chi connectivity index (χ3v) is 7.86. The summed E-state index contributed by atoms with van der Waals surface area (Å²) in [6.07, 6.45) is -4.39. The number of nitrogens with one attached hydrogen (secondary N) is 1. The first-order valence-electron chi connectivity index (χ1n) is 15.1. The molecule has 46 heavy (non-hydrogen) atoms. The average molecular weight is 646 g/mol. The number of aliphatic carboxylic acids is 1. The highest BCUT2D eigenvalue weighted by atomic mass is 19.4. The second kappa shape index (κ2) is 14.2. The van der Waals surface area contributed by atoms with E-state index in [-0.39, 0.29) is 36.1 Å². The molecule has 0 aliphatic heterocycles. The molecule has 2 atom stereocenters. The van der Waals surface area contributed by atoms with E-state index in [9.17, 15) is 32.7 Å². The molecule has 2 N–H and O–H groups in total. The van der Waals surface area contributed by atoms with E-state index in [4.69, 9.17) is 0 Å². The van der Waals surface area contributed by atoms with E-state index in [0.717, 1.165) is 27.5 Å². The highest BCUT2D eigenvalue weighted by Gasteiger charge is 2.36. The Kier molecular flexibility index (Phi) is 11.3. The van der Waals surface area contributed by atoms with Gasteiger partial charge in [-0.3, -0.25) is 14.4 Å². The van der Waals surface area contributed by atoms with Crippen molar-refractivity contribution in [3.8, 4) is 11.1 Å². The molecular formula is C35H43F4N3O4. The summed E-state index contributed by atoms with van der Waals surface area (Å²) in [7, 11) is 3.41. The number of nitrogens with zero attached hydrogens (tertiary/aromatic N) is 2. The van der Waals surface area contributed by atoms with Gasteiger partial charge in [0.05, 0.1) is 18.0 Å². The predicted molar refractivity (Wildman–Crippen MR) is 170 cm³/mol. The number of carbonyl (C=O) groups excluding carboxylic acids is 1.